The summed E-state index contributed by atoms with van der Waals surface area (Å²) in [6.07, 6.45) is 0.00199. The molecule has 19 heavy (non-hydrogen) atoms. The summed E-state index contributed by atoms with van der Waals surface area (Å²) in [7, 11) is 0. The average Bonchev–Trinajstić information content (AvgIpc) is 2.63. The van der Waals surface area contributed by atoms with Gasteiger partial charge < -0.3 is 5.11 Å². The lowest BCUT2D eigenvalue weighted by Crippen LogP contribution is -2.31. The Labute approximate surface area is 118 Å². The Bertz CT molecular complexity index is 548. The lowest BCUT2D eigenvalue weighted by Gasteiger charge is -2.15. The molecular weight excluding hydrogens is 290 g/mol. The normalized spacial score (nSPS) is 19.0. The van der Waals surface area contributed by atoms with Gasteiger partial charge in [0.2, 0.25) is 11.8 Å². The van der Waals surface area contributed by atoms with E-state index in [9.17, 15) is 14.4 Å². The molecule has 2 rings (SSSR count). The Morgan fingerprint density at radius 3 is 2.74 bits per heavy atom. The van der Waals surface area contributed by atoms with Gasteiger partial charge in [-0.3, -0.25) is 14.4 Å². The number of imide groups is 1. The van der Waals surface area contributed by atoms with Crippen LogP contribution >= 0.6 is 23.4 Å². The largest absolute Gasteiger partial charge is 0.481 e. The number of para-hydroxylation sites is 1. The minimum atomic E-state index is -1.01. The van der Waals surface area contributed by atoms with E-state index < -0.39 is 17.1 Å². The Kier molecular flexibility index (Phi) is 4.11. The third-order valence-corrected chi connectivity index (χ3v) is 4.11. The standard InChI is InChI=1S/C12H10ClNO4S/c13-7-3-1-2-4-8(7)14-10(15)5-9(12(14)18)19-6-11(16)17/h1-4,9H,5-6H2,(H,16,17)/t9-/m1/s1. The molecule has 0 radical (unpaired) electrons. The van der Waals surface area contributed by atoms with Crippen molar-refractivity contribution in [3.05, 3.63) is 29.3 Å². The maximum Gasteiger partial charge on any atom is 0.313 e. The van der Waals surface area contributed by atoms with E-state index >= 15 is 0 Å². The van der Waals surface area contributed by atoms with E-state index in [1.54, 1.807) is 24.3 Å². The number of thioether (sulfide) groups is 1. The SMILES string of the molecule is O=C(O)CS[C@@H]1CC(=O)N(c2ccccc2Cl)C1=O. The molecule has 1 aliphatic heterocycles. The zero-order valence-electron chi connectivity index (χ0n) is 9.71. The number of halogens is 1. The molecule has 100 valence electrons. The van der Waals surface area contributed by atoms with Gasteiger partial charge in [-0.2, -0.15) is 0 Å². The van der Waals surface area contributed by atoms with E-state index in [0.29, 0.717) is 10.7 Å². The summed E-state index contributed by atoms with van der Waals surface area (Å²) in [4.78, 5) is 35.5. The van der Waals surface area contributed by atoms with E-state index in [4.69, 9.17) is 16.7 Å². The fraction of sp³-hybridized carbons (Fsp3) is 0.250. The predicted octanol–water partition coefficient (Wildman–Crippen LogP) is 1.79. The van der Waals surface area contributed by atoms with Crippen LogP contribution < -0.4 is 4.90 Å². The third kappa shape index (κ3) is 2.90. The molecule has 1 aliphatic rings. The van der Waals surface area contributed by atoms with Crippen LogP contribution in [0, 0.1) is 0 Å². The fourth-order valence-corrected chi connectivity index (χ4v) is 2.86. The van der Waals surface area contributed by atoms with Gasteiger partial charge in [0, 0.05) is 6.42 Å². The van der Waals surface area contributed by atoms with Crippen LogP contribution in [0.4, 0.5) is 5.69 Å². The van der Waals surface area contributed by atoms with Crippen molar-refractivity contribution in [2.75, 3.05) is 10.7 Å². The van der Waals surface area contributed by atoms with Crippen molar-refractivity contribution in [1.29, 1.82) is 0 Å². The first kappa shape index (κ1) is 13.9. The second-order valence-electron chi connectivity index (χ2n) is 3.92. The van der Waals surface area contributed by atoms with Crippen LogP contribution in [0.5, 0.6) is 0 Å². The first-order valence-electron chi connectivity index (χ1n) is 5.45. The number of carboxylic acid groups (broad SMARTS) is 1. The first-order valence-corrected chi connectivity index (χ1v) is 6.88. The van der Waals surface area contributed by atoms with Crippen molar-refractivity contribution in [2.24, 2.45) is 0 Å². The number of carboxylic acids is 1. The zero-order valence-corrected chi connectivity index (χ0v) is 11.3. The molecule has 1 fully saturated rings. The second kappa shape index (κ2) is 5.63. The van der Waals surface area contributed by atoms with Crippen LogP contribution in [-0.4, -0.2) is 33.9 Å². The molecular formula is C12H10ClNO4S. The van der Waals surface area contributed by atoms with E-state index in [-0.39, 0.29) is 18.1 Å². The highest BCUT2D eigenvalue weighted by atomic mass is 35.5. The van der Waals surface area contributed by atoms with Gasteiger partial charge in [0.1, 0.15) is 0 Å². The van der Waals surface area contributed by atoms with Gasteiger partial charge in [0.25, 0.3) is 0 Å². The molecule has 5 nitrogen and oxygen atoms in total. The molecule has 1 atom stereocenters. The molecule has 0 aromatic heterocycles. The minimum Gasteiger partial charge on any atom is -0.481 e. The summed E-state index contributed by atoms with van der Waals surface area (Å²) in [5.74, 6) is -1.99. The van der Waals surface area contributed by atoms with E-state index in [1.807, 2.05) is 0 Å². The van der Waals surface area contributed by atoms with Gasteiger partial charge in [-0.25, -0.2) is 4.90 Å². The second-order valence-corrected chi connectivity index (χ2v) is 5.51. The molecule has 1 heterocycles. The number of carbonyl (C=O) groups is 3. The van der Waals surface area contributed by atoms with Gasteiger partial charge >= 0.3 is 5.97 Å². The number of hydrogen-bond donors (Lipinski definition) is 1. The van der Waals surface area contributed by atoms with Crippen LogP contribution in [0.3, 0.4) is 0 Å². The maximum absolute atomic E-state index is 12.1. The van der Waals surface area contributed by atoms with Crippen LogP contribution in [0.1, 0.15) is 6.42 Å². The minimum absolute atomic E-state index is 0.00199. The predicted molar refractivity (Wildman–Crippen MR) is 72.4 cm³/mol. The lowest BCUT2D eigenvalue weighted by molar-refractivity contribution is -0.134. The quantitative estimate of drug-likeness (QED) is 0.858. The number of nitrogens with zero attached hydrogens (tertiary/aromatic N) is 1. The highest BCUT2D eigenvalue weighted by molar-refractivity contribution is 8.01. The number of anilines is 1. The molecule has 1 aromatic carbocycles. The topological polar surface area (TPSA) is 74.7 Å². The van der Waals surface area contributed by atoms with Crippen molar-refractivity contribution in [3.63, 3.8) is 0 Å². The monoisotopic (exact) mass is 299 g/mol. The molecule has 1 saturated heterocycles. The highest BCUT2D eigenvalue weighted by Gasteiger charge is 2.40. The molecule has 1 aromatic rings. The number of carbonyl (C=O) groups excluding carboxylic acids is 2. The lowest BCUT2D eigenvalue weighted by atomic mass is 10.3. The fourth-order valence-electron chi connectivity index (χ4n) is 1.79. The van der Waals surface area contributed by atoms with Gasteiger partial charge in [-0.05, 0) is 12.1 Å². The summed E-state index contributed by atoms with van der Waals surface area (Å²) in [6, 6.07) is 6.56. The molecule has 0 aliphatic carbocycles. The molecule has 7 heteroatoms. The van der Waals surface area contributed by atoms with E-state index in [0.717, 1.165) is 16.7 Å². The number of aliphatic carboxylic acids is 1. The Morgan fingerprint density at radius 1 is 1.42 bits per heavy atom. The van der Waals surface area contributed by atoms with Crippen LogP contribution in [-0.2, 0) is 14.4 Å². The van der Waals surface area contributed by atoms with Crippen molar-refractivity contribution in [2.45, 2.75) is 11.7 Å². The number of benzene rings is 1. The smallest absolute Gasteiger partial charge is 0.313 e. The van der Waals surface area contributed by atoms with Crippen LogP contribution in [0.2, 0.25) is 5.02 Å². The highest BCUT2D eigenvalue weighted by Crippen LogP contribution is 2.33. The summed E-state index contributed by atoms with van der Waals surface area (Å²) >= 11 is 6.92. The summed E-state index contributed by atoms with van der Waals surface area (Å²) < 4.78 is 0. The molecule has 0 spiro atoms. The first-order chi connectivity index (χ1) is 9.00. The number of amides is 2. The van der Waals surface area contributed by atoms with Gasteiger partial charge in [-0.1, -0.05) is 23.7 Å². The zero-order chi connectivity index (χ0) is 14.0. The Morgan fingerprint density at radius 2 is 2.11 bits per heavy atom. The Hall–Kier alpha value is -1.53. The van der Waals surface area contributed by atoms with Crippen LogP contribution in [0.15, 0.2) is 24.3 Å². The summed E-state index contributed by atoms with van der Waals surface area (Å²) in [5.41, 5.74) is 0.345. The van der Waals surface area contributed by atoms with Crippen LogP contribution in [0.25, 0.3) is 0 Å². The van der Waals surface area contributed by atoms with Crippen molar-refractivity contribution in [1.82, 2.24) is 0 Å². The molecule has 0 bridgehead atoms. The van der Waals surface area contributed by atoms with E-state index in [2.05, 4.69) is 0 Å². The van der Waals surface area contributed by atoms with Gasteiger partial charge in [0.05, 0.1) is 21.7 Å². The Balaban J connectivity index is 2.19. The third-order valence-electron chi connectivity index (χ3n) is 2.61. The van der Waals surface area contributed by atoms with Crippen molar-refractivity contribution >= 4 is 46.8 Å². The maximum atomic E-state index is 12.1. The number of hydrogen-bond acceptors (Lipinski definition) is 4. The van der Waals surface area contributed by atoms with Gasteiger partial charge in [0.15, 0.2) is 0 Å². The van der Waals surface area contributed by atoms with Crippen molar-refractivity contribution in [3.8, 4) is 0 Å². The summed E-state index contributed by atoms with van der Waals surface area (Å²) in [5, 5.41) is 8.26. The van der Waals surface area contributed by atoms with Crippen molar-refractivity contribution < 1.29 is 19.5 Å². The molecule has 0 saturated carbocycles. The average molecular weight is 300 g/mol. The number of rotatable bonds is 4. The molecule has 2 amide bonds. The summed E-state index contributed by atoms with van der Waals surface area (Å²) in [6.45, 7) is 0. The molecule has 1 N–H and O–H groups in total. The van der Waals surface area contributed by atoms with E-state index in [1.165, 1.54) is 0 Å². The molecule has 0 unspecified atom stereocenters. The van der Waals surface area contributed by atoms with Gasteiger partial charge in [-0.15, -0.1) is 11.8 Å².